The van der Waals surface area contributed by atoms with Gasteiger partial charge < -0.3 is 30.9 Å². The zero-order chi connectivity index (χ0) is 12.5. The van der Waals surface area contributed by atoms with Gasteiger partial charge in [0, 0.05) is 6.92 Å². The largest absolute Gasteiger partial charge is 0.394 e. The van der Waals surface area contributed by atoms with Gasteiger partial charge in [0.05, 0.1) is 12.6 Å². The molecule has 7 heteroatoms. The minimum atomic E-state index is -2.16. The van der Waals surface area contributed by atoms with E-state index in [-0.39, 0.29) is 0 Å². The number of ketones is 1. The molecule has 0 amide bonds. The van der Waals surface area contributed by atoms with Crippen molar-refractivity contribution in [1.29, 1.82) is 1.43 Å². The van der Waals surface area contributed by atoms with Gasteiger partial charge in [-0.2, -0.15) is 0 Å². The van der Waals surface area contributed by atoms with Gasteiger partial charge in [0.2, 0.25) is 7.22 Å². The van der Waals surface area contributed by atoms with E-state index < -0.39 is 42.5 Å². The van der Waals surface area contributed by atoms with Crippen LogP contribution in [0.2, 0.25) is 0 Å². The average Bonchev–Trinajstić information content (AvgIpc) is 2.27. The Morgan fingerprint density at radius 2 is 2.20 bits per heavy atom. The van der Waals surface area contributed by atoms with Crippen LogP contribution in [0, 0.1) is 0 Å². The Labute approximate surface area is 87.6 Å². The molecule has 88 valence electrons. The van der Waals surface area contributed by atoms with Crippen molar-refractivity contribution in [3.63, 3.8) is 0 Å². The maximum absolute atomic E-state index is 11.4. The number of nitrogens with two attached hydrogens (primary N) is 1. The lowest BCUT2D eigenvalue weighted by Gasteiger charge is -2.44. The highest BCUT2D eigenvalue weighted by Gasteiger charge is 2.54. The van der Waals surface area contributed by atoms with Crippen LogP contribution in [0.4, 0.5) is 0 Å². The van der Waals surface area contributed by atoms with Crippen molar-refractivity contribution in [3.8, 4) is 0 Å². The summed E-state index contributed by atoms with van der Waals surface area (Å²) in [6, 6.07) is -1.40. The lowest BCUT2D eigenvalue weighted by molar-refractivity contribution is -0.296. The third-order valence-corrected chi connectivity index (χ3v) is 2.53. The van der Waals surface area contributed by atoms with Crippen molar-refractivity contribution in [2.24, 2.45) is 5.73 Å². The van der Waals surface area contributed by atoms with Crippen LogP contribution < -0.4 is 5.73 Å². The molecular weight excluding hydrogens is 206 g/mol. The van der Waals surface area contributed by atoms with Gasteiger partial charge >= 0.3 is 0 Å². The second-order valence-corrected chi connectivity index (χ2v) is 3.57. The molecule has 1 aliphatic rings. The first-order valence-corrected chi connectivity index (χ1v) is 4.46. The highest BCUT2D eigenvalue weighted by atomic mass is 16.7. The van der Waals surface area contributed by atoms with Gasteiger partial charge in [-0.25, -0.2) is 0 Å². The summed E-state index contributed by atoms with van der Waals surface area (Å²) in [4.78, 5) is 11.4. The van der Waals surface area contributed by atoms with Crippen molar-refractivity contribution in [1.82, 2.24) is 0 Å². The summed E-state index contributed by atoms with van der Waals surface area (Å²) in [6.07, 6.45) is -4.20. The fraction of sp³-hybridized carbons (Fsp3) is 0.875. The number of hydrogen-bond acceptors (Lipinski definition) is 7. The van der Waals surface area contributed by atoms with Crippen LogP contribution in [0.15, 0.2) is 0 Å². The molecule has 1 aliphatic heterocycles. The molecule has 1 rings (SSSR count). The summed E-state index contributed by atoms with van der Waals surface area (Å²) >= 11 is 0. The minimum Gasteiger partial charge on any atom is -0.394 e. The molecular formula is C8H15NO6. The normalized spacial score (nSPS) is 47.4. The number of carbonyl (C=O) groups excluding carboxylic acids is 1. The standard InChI is InChI=1S/C8H15NO6/c1-3(11)8(14)7(9)6(13)5(12)4(2-10)15-8/h4-7,10,12-14H,2,9H2,1H3/t4-,5+,6+,7-,8?/m1/s1/i14D. The Hall–Kier alpha value is -0.570. The fourth-order valence-corrected chi connectivity index (χ4v) is 1.49. The molecule has 1 heterocycles. The third-order valence-electron chi connectivity index (χ3n) is 2.53. The quantitative estimate of drug-likeness (QED) is 0.338. The van der Waals surface area contributed by atoms with Crippen LogP contribution in [0.25, 0.3) is 0 Å². The lowest BCUT2D eigenvalue weighted by Crippen LogP contribution is -2.70. The van der Waals surface area contributed by atoms with Gasteiger partial charge in [-0.3, -0.25) is 4.79 Å². The molecule has 6 N–H and O–H groups in total. The Bertz CT molecular complexity index is 275. The number of rotatable bonds is 3. The molecule has 0 spiro atoms. The van der Waals surface area contributed by atoms with Gasteiger partial charge in [0.15, 0.2) is 5.78 Å². The van der Waals surface area contributed by atoms with E-state index >= 15 is 0 Å². The first-order valence-electron chi connectivity index (χ1n) is 4.87. The van der Waals surface area contributed by atoms with Crippen molar-refractivity contribution < 1.29 is 30.0 Å². The molecule has 1 unspecified atom stereocenters. The smallest absolute Gasteiger partial charge is 0.244 e. The predicted octanol–water partition coefficient (Wildman–Crippen LogP) is -3.30. The first-order chi connectivity index (χ1) is 7.40. The van der Waals surface area contributed by atoms with Crippen LogP contribution >= 0.6 is 0 Å². The molecule has 7 nitrogen and oxygen atoms in total. The maximum Gasteiger partial charge on any atom is 0.244 e. The monoisotopic (exact) mass is 222 g/mol. The van der Waals surface area contributed by atoms with E-state index in [0.717, 1.165) is 6.92 Å². The molecule has 5 atom stereocenters. The highest BCUT2D eigenvalue weighted by molar-refractivity contribution is 5.84. The van der Waals surface area contributed by atoms with E-state index in [1.807, 2.05) is 0 Å². The number of aliphatic hydroxyl groups excluding tert-OH is 3. The van der Waals surface area contributed by atoms with E-state index in [1.165, 1.54) is 0 Å². The summed E-state index contributed by atoms with van der Waals surface area (Å²) in [6.45, 7) is 0.441. The van der Waals surface area contributed by atoms with Gasteiger partial charge in [0.25, 0.3) is 0 Å². The maximum atomic E-state index is 11.4. The predicted molar refractivity (Wildman–Crippen MR) is 47.6 cm³/mol. The number of aliphatic hydroxyl groups is 4. The Morgan fingerprint density at radius 3 is 2.60 bits per heavy atom. The second-order valence-electron chi connectivity index (χ2n) is 3.57. The summed E-state index contributed by atoms with van der Waals surface area (Å²) in [5, 5.41) is 32.1. The van der Waals surface area contributed by atoms with Gasteiger partial charge in [-0.1, -0.05) is 0 Å². The van der Waals surface area contributed by atoms with Crippen LogP contribution in [0.1, 0.15) is 6.92 Å². The molecule has 0 saturated carbocycles. The average molecular weight is 222 g/mol. The molecule has 1 fully saturated rings. The van der Waals surface area contributed by atoms with Crippen molar-refractivity contribution in [2.75, 3.05) is 6.61 Å². The lowest BCUT2D eigenvalue weighted by atomic mass is 9.89. The topological polar surface area (TPSA) is 133 Å². The molecule has 0 aromatic carbocycles. The van der Waals surface area contributed by atoms with E-state index in [2.05, 4.69) is 5.11 Å². The van der Waals surface area contributed by atoms with Crippen LogP contribution in [-0.4, -0.2) is 64.4 Å². The molecule has 0 aromatic rings. The van der Waals surface area contributed by atoms with Crippen LogP contribution in [-0.2, 0) is 9.53 Å². The zero-order valence-electron chi connectivity index (χ0n) is 9.16. The summed E-state index contributed by atoms with van der Waals surface area (Å²) in [5.74, 6) is -2.88. The summed E-state index contributed by atoms with van der Waals surface area (Å²) in [5.41, 5.74) is 5.49. The third kappa shape index (κ3) is 1.89. The molecule has 1 saturated heterocycles. The van der Waals surface area contributed by atoms with Gasteiger partial charge in [-0.15, -0.1) is 0 Å². The summed E-state index contributed by atoms with van der Waals surface area (Å²) < 4.78 is 11.8. The van der Waals surface area contributed by atoms with Crippen molar-refractivity contribution in [3.05, 3.63) is 0 Å². The molecule has 0 radical (unpaired) electrons. The molecule has 15 heavy (non-hydrogen) atoms. The van der Waals surface area contributed by atoms with E-state index in [0.29, 0.717) is 0 Å². The summed E-state index contributed by atoms with van der Waals surface area (Å²) in [7, 11) is 0. The van der Waals surface area contributed by atoms with E-state index in [1.54, 1.807) is 0 Å². The zero-order valence-corrected chi connectivity index (χ0v) is 8.16. The SMILES string of the molecule is [2H]OC1(C(C)=O)O[C@H](CO)[C@H](O)[C@H](O)[C@H]1N. The molecule has 0 bridgehead atoms. The van der Waals surface area contributed by atoms with Gasteiger partial charge in [0.1, 0.15) is 18.3 Å². The number of ether oxygens (including phenoxy) is 1. The first kappa shape index (κ1) is 10.9. The van der Waals surface area contributed by atoms with E-state index in [4.69, 9.17) is 17.0 Å². The van der Waals surface area contributed by atoms with Gasteiger partial charge in [-0.05, 0) is 0 Å². The van der Waals surface area contributed by atoms with E-state index in [9.17, 15) is 15.0 Å². The molecule has 0 aromatic heterocycles. The number of Topliss-reactive ketones (excluding diaryl/α,β-unsaturated/α-hetero) is 1. The highest BCUT2D eigenvalue weighted by Crippen LogP contribution is 2.27. The van der Waals surface area contributed by atoms with Crippen molar-refractivity contribution >= 4 is 5.78 Å². The fourth-order valence-electron chi connectivity index (χ4n) is 1.49. The minimum absolute atomic E-state index is 0.636. The van der Waals surface area contributed by atoms with Crippen LogP contribution in [0.3, 0.4) is 0 Å². The Balaban J connectivity index is 3.06. The number of hydrogen-bond donors (Lipinski definition) is 5. The number of carbonyl (C=O) groups is 1. The Kier molecular flexibility index (Phi) is 3.01. The van der Waals surface area contributed by atoms with Crippen LogP contribution in [0.5, 0.6) is 0 Å². The Morgan fingerprint density at radius 1 is 1.60 bits per heavy atom. The second kappa shape index (κ2) is 4.12. The van der Waals surface area contributed by atoms with Crippen molar-refractivity contribution in [2.45, 2.75) is 37.1 Å². The molecule has 0 aliphatic carbocycles.